The fourth-order valence-electron chi connectivity index (χ4n) is 7.42. The molecule has 47 heavy (non-hydrogen) atoms. The molecule has 0 bridgehead atoms. The Morgan fingerprint density at radius 1 is 0.489 bits per heavy atom. The number of rotatable bonds is 10. The third-order valence-electron chi connectivity index (χ3n) is 10.3. The summed E-state index contributed by atoms with van der Waals surface area (Å²) in [6.07, 6.45) is 15.8. The molecule has 2 saturated heterocycles. The lowest BCUT2D eigenvalue weighted by molar-refractivity contribution is 0.263. The minimum Gasteiger partial charge on any atom is -0.490 e. The van der Waals surface area contributed by atoms with Gasteiger partial charge in [-0.25, -0.2) is 0 Å². The van der Waals surface area contributed by atoms with Crippen molar-refractivity contribution in [1.29, 1.82) is 0 Å². The summed E-state index contributed by atoms with van der Waals surface area (Å²) in [5, 5.41) is 0. The Morgan fingerprint density at radius 3 is 1.26 bits per heavy atom. The van der Waals surface area contributed by atoms with Gasteiger partial charge in [-0.1, -0.05) is 137 Å². The van der Waals surface area contributed by atoms with Gasteiger partial charge in [-0.05, 0) is 59.4 Å². The lowest BCUT2D eigenvalue weighted by Crippen LogP contribution is -2.28. The first-order valence-corrected chi connectivity index (χ1v) is 18.2. The summed E-state index contributed by atoms with van der Waals surface area (Å²) in [4.78, 5) is 0. The van der Waals surface area contributed by atoms with Crippen molar-refractivity contribution in [3.63, 3.8) is 0 Å². The minimum absolute atomic E-state index is 0.128. The molecule has 2 unspecified atom stereocenters. The van der Waals surface area contributed by atoms with Gasteiger partial charge in [0.25, 0.3) is 0 Å². The number of hydrogen-bond donors (Lipinski definition) is 0. The van der Waals surface area contributed by atoms with Crippen LogP contribution >= 0.6 is 0 Å². The van der Waals surface area contributed by atoms with Crippen molar-refractivity contribution >= 4 is 0 Å². The highest BCUT2D eigenvalue weighted by Gasteiger charge is 2.35. The van der Waals surface area contributed by atoms with Gasteiger partial charge >= 0.3 is 0 Å². The van der Waals surface area contributed by atoms with E-state index in [2.05, 4.69) is 97.1 Å². The first kappa shape index (κ1) is 32.0. The Labute approximate surface area is 281 Å². The third-order valence-corrected chi connectivity index (χ3v) is 10.3. The molecule has 4 aromatic carbocycles. The Morgan fingerprint density at radius 2 is 0.872 bits per heavy atom. The van der Waals surface area contributed by atoms with E-state index in [1.165, 1.54) is 97.6 Å². The van der Waals surface area contributed by atoms with Crippen LogP contribution in [0.5, 0.6) is 11.5 Å². The maximum absolute atomic E-state index is 6.41. The van der Waals surface area contributed by atoms with Gasteiger partial charge in [0.15, 0.2) is 0 Å². The van der Waals surface area contributed by atoms with E-state index >= 15 is 0 Å². The van der Waals surface area contributed by atoms with Gasteiger partial charge in [-0.2, -0.15) is 0 Å². The van der Waals surface area contributed by atoms with Crippen LogP contribution in [0.3, 0.4) is 0 Å². The average molecular weight is 631 g/mol. The van der Waals surface area contributed by atoms with Gasteiger partial charge in [0.1, 0.15) is 36.9 Å². The second-order valence-corrected chi connectivity index (χ2v) is 13.8. The normalized spacial score (nSPS) is 21.4. The molecule has 4 heteroatoms. The molecule has 3 aliphatic rings. The molecule has 0 spiro atoms. The first-order chi connectivity index (χ1) is 23.3. The van der Waals surface area contributed by atoms with Crippen LogP contribution in [0.25, 0.3) is 22.3 Å². The topological polar surface area (TPSA) is 43.5 Å². The molecule has 4 aromatic rings. The monoisotopic (exact) mass is 630 g/mol. The Kier molecular flexibility index (Phi) is 10.6. The summed E-state index contributed by atoms with van der Waals surface area (Å²) in [5.74, 6) is 1.87. The summed E-state index contributed by atoms with van der Waals surface area (Å²) >= 11 is 0. The largest absolute Gasteiger partial charge is 0.490 e. The standard InChI is InChI=1S/C43H50O4/c1-2-4-6-8-16-26-43(25-15-7-5-3-1,35-21-23-41(46-31-37-29-44-37)39(27-35)33-17-11-9-12-18-33)36-22-24-42(47-32-38-30-45-38)40(28-36)34-19-13-10-14-20-34/h9-14,17-24,27-28,37-38H,1-8,15-16,25-26,29-32H2. The van der Waals surface area contributed by atoms with Crippen LogP contribution in [0, 0.1) is 0 Å². The van der Waals surface area contributed by atoms with Gasteiger partial charge in [0, 0.05) is 16.5 Å². The van der Waals surface area contributed by atoms with E-state index in [0.29, 0.717) is 13.2 Å². The second kappa shape index (κ2) is 15.5. The van der Waals surface area contributed by atoms with E-state index in [9.17, 15) is 0 Å². The van der Waals surface area contributed by atoms with Crippen molar-refractivity contribution in [2.45, 2.75) is 94.7 Å². The SMILES string of the molecule is c1ccc(-c2cc(C3(c4ccc(OCC5CO5)c(-c5ccccc5)c4)CCCCCCCCCCCC3)ccc2OCC2CO2)cc1. The highest BCUT2D eigenvalue weighted by molar-refractivity contribution is 5.74. The smallest absolute Gasteiger partial charge is 0.127 e. The van der Waals surface area contributed by atoms with E-state index in [1.807, 2.05) is 0 Å². The van der Waals surface area contributed by atoms with Gasteiger partial charge in [-0.3, -0.25) is 0 Å². The molecule has 0 aromatic heterocycles. The van der Waals surface area contributed by atoms with Gasteiger partial charge in [0.2, 0.25) is 0 Å². The van der Waals surface area contributed by atoms with Crippen LogP contribution in [-0.4, -0.2) is 38.6 Å². The van der Waals surface area contributed by atoms with E-state index < -0.39 is 0 Å². The third kappa shape index (κ3) is 8.28. The average Bonchev–Trinajstić information content (AvgIpc) is 4.06. The predicted octanol–water partition coefficient (Wildman–Crippen LogP) is 10.6. The van der Waals surface area contributed by atoms with E-state index in [4.69, 9.17) is 18.9 Å². The van der Waals surface area contributed by atoms with Crippen molar-refractivity contribution in [3.05, 3.63) is 108 Å². The second-order valence-electron chi connectivity index (χ2n) is 13.8. The van der Waals surface area contributed by atoms with Gasteiger partial charge in [0.05, 0.1) is 13.2 Å². The zero-order valence-corrected chi connectivity index (χ0v) is 27.8. The molecule has 7 rings (SSSR count). The lowest BCUT2D eigenvalue weighted by atomic mass is 9.67. The Balaban J connectivity index is 1.34. The van der Waals surface area contributed by atoms with Gasteiger partial charge in [-0.15, -0.1) is 0 Å². The van der Waals surface area contributed by atoms with Crippen LogP contribution in [0.15, 0.2) is 97.1 Å². The molecule has 2 aliphatic heterocycles. The predicted molar refractivity (Wildman–Crippen MR) is 190 cm³/mol. The number of benzene rings is 4. The summed E-state index contributed by atoms with van der Waals surface area (Å²) in [5.41, 5.74) is 7.36. The molecule has 0 amide bonds. The van der Waals surface area contributed by atoms with Crippen LogP contribution in [0.2, 0.25) is 0 Å². The minimum atomic E-state index is -0.128. The van der Waals surface area contributed by atoms with Crippen molar-refractivity contribution in [2.24, 2.45) is 0 Å². The maximum atomic E-state index is 6.41. The molecule has 1 aliphatic carbocycles. The summed E-state index contributed by atoms with van der Waals surface area (Å²) in [6, 6.07) is 35.6. The van der Waals surface area contributed by atoms with Crippen molar-refractivity contribution in [2.75, 3.05) is 26.4 Å². The molecular formula is C43H50O4. The number of epoxide rings is 2. The van der Waals surface area contributed by atoms with Gasteiger partial charge < -0.3 is 18.9 Å². The summed E-state index contributed by atoms with van der Waals surface area (Å²) < 4.78 is 23.8. The van der Waals surface area contributed by atoms with Crippen molar-refractivity contribution in [3.8, 4) is 33.8 Å². The van der Waals surface area contributed by atoms with Crippen LogP contribution in [-0.2, 0) is 14.9 Å². The van der Waals surface area contributed by atoms with Crippen molar-refractivity contribution in [1.82, 2.24) is 0 Å². The molecule has 246 valence electrons. The molecular weight excluding hydrogens is 580 g/mol. The Bertz CT molecular complexity index is 1440. The molecule has 0 radical (unpaired) electrons. The maximum Gasteiger partial charge on any atom is 0.127 e. The lowest BCUT2D eigenvalue weighted by Gasteiger charge is -2.37. The number of ether oxygens (including phenoxy) is 4. The highest BCUT2D eigenvalue weighted by atomic mass is 16.6. The quantitative estimate of drug-likeness (QED) is 0.164. The zero-order valence-electron chi connectivity index (χ0n) is 27.8. The first-order valence-electron chi connectivity index (χ1n) is 18.2. The fourth-order valence-corrected chi connectivity index (χ4v) is 7.42. The van der Waals surface area contributed by atoms with E-state index in [1.54, 1.807) is 0 Å². The summed E-state index contributed by atoms with van der Waals surface area (Å²) in [6.45, 7) is 2.77. The zero-order chi connectivity index (χ0) is 31.7. The Hall–Kier alpha value is -3.60. The van der Waals surface area contributed by atoms with E-state index in [-0.39, 0.29) is 17.6 Å². The summed E-state index contributed by atoms with van der Waals surface area (Å²) in [7, 11) is 0. The fraction of sp³-hybridized carbons (Fsp3) is 0.442. The molecule has 4 nitrogen and oxygen atoms in total. The van der Waals surface area contributed by atoms with Crippen LogP contribution in [0.4, 0.5) is 0 Å². The van der Waals surface area contributed by atoms with Crippen LogP contribution < -0.4 is 9.47 Å². The number of hydrogen-bond acceptors (Lipinski definition) is 4. The molecule has 0 N–H and O–H groups in total. The van der Waals surface area contributed by atoms with Crippen LogP contribution in [0.1, 0.15) is 88.2 Å². The van der Waals surface area contributed by atoms with Crippen molar-refractivity contribution < 1.29 is 18.9 Å². The molecule has 2 heterocycles. The molecule has 1 saturated carbocycles. The van der Waals surface area contributed by atoms with E-state index in [0.717, 1.165) is 37.6 Å². The molecule has 3 fully saturated rings. The highest BCUT2D eigenvalue weighted by Crippen LogP contribution is 2.47. The molecule has 2 atom stereocenters.